The summed E-state index contributed by atoms with van der Waals surface area (Å²) in [5, 5.41) is 0. The van der Waals surface area contributed by atoms with Gasteiger partial charge < -0.3 is 14.2 Å². The first-order valence-corrected chi connectivity index (χ1v) is 10.4. The van der Waals surface area contributed by atoms with Gasteiger partial charge in [-0.2, -0.15) is 0 Å². The molecule has 0 atom stereocenters. The molecule has 0 radical (unpaired) electrons. The third-order valence-electron chi connectivity index (χ3n) is 4.60. The van der Waals surface area contributed by atoms with Gasteiger partial charge in [0.2, 0.25) is 0 Å². The number of benzene rings is 2. The van der Waals surface area contributed by atoms with Crippen LogP contribution in [0.5, 0.6) is 5.75 Å². The Morgan fingerprint density at radius 1 is 0.871 bits per heavy atom. The maximum absolute atomic E-state index is 11.3. The molecule has 0 aliphatic carbocycles. The first-order valence-electron chi connectivity index (χ1n) is 10.4. The van der Waals surface area contributed by atoms with Crippen molar-refractivity contribution in [2.45, 2.75) is 32.6 Å². The summed E-state index contributed by atoms with van der Waals surface area (Å²) < 4.78 is 15.5. The second kappa shape index (κ2) is 13.1. The van der Waals surface area contributed by atoms with E-state index in [1.54, 1.807) is 13.0 Å². The Morgan fingerprint density at radius 3 is 2.03 bits per heavy atom. The Balaban J connectivity index is 1.69. The molecule has 164 valence electrons. The number of hydrogen-bond acceptors (Lipinski definition) is 5. The number of unbranched alkanes of at least 4 members (excludes halogenated alkanes) is 3. The lowest BCUT2D eigenvalue weighted by Crippen LogP contribution is -2.06. The molecule has 0 saturated carbocycles. The molecule has 2 aromatic rings. The molecule has 0 bridgehead atoms. The minimum atomic E-state index is -0.372. The van der Waals surface area contributed by atoms with Crippen LogP contribution >= 0.6 is 0 Å². The Morgan fingerprint density at radius 2 is 1.45 bits per heavy atom. The molecule has 5 heteroatoms. The highest BCUT2D eigenvalue weighted by molar-refractivity contribution is 5.87. The zero-order valence-electron chi connectivity index (χ0n) is 18.3. The average Bonchev–Trinajstić information content (AvgIpc) is 2.79. The van der Waals surface area contributed by atoms with Gasteiger partial charge in [-0.25, -0.2) is 9.59 Å². The summed E-state index contributed by atoms with van der Waals surface area (Å²) in [6.07, 6.45) is 6.96. The summed E-state index contributed by atoms with van der Waals surface area (Å²) in [5.41, 5.74) is 3.56. The van der Waals surface area contributed by atoms with Gasteiger partial charge in [-0.1, -0.05) is 43.0 Å². The number of ether oxygens (including phenoxy) is 3. The van der Waals surface area contributed by atoms with Gasteiger partial charge in [-0.15, -0.1) is 0 Å². The van der Waals surface area contributed by atoms with Crippen LogP contribution in [0, 0.1) is 0 Å². The topological polar surface area (TPSA) is 61.8 Å². The van der Waals surface area contributed by atoms with E-state index in [0.29, 0.717) is 18.8 Å². The summed E-state index contributed by atoms with van der Waals surface area (Å²) in [6, 6.07) is 15.9. The van der Waals surface area contributed by atoms with Crippen LogP contribution in [0.2, 0.25) is 0 Å². The van der Waals surface area contributed by atoms with Gasteiger partial charge in [0.25, 0.3) is 0 Å². The fraction of sp³-hybridized carbons (Fsp3) is 0.308. The van der Waals surface area contributed by atoms with Crippen molar-refractivity contribution in [3.63, 3.8) is 0 Å². The van der Waals surface area contributed by atoms with Crippen LogP contribution in [0.25, 0.3) is 17.2 Å². The Hall–Kier alpha value is -3.34. The smallest absolute Gasteiger partial charge is 0.333 e. The second-order valence-corrected chi connectivity index (χ2v) is 7.18. The maximum Gasteiger partial charge on any atom is 0.333 e. The summed E-state index contributed by atoms with van der Waals surface area (Å²) in [5.74, 6) is 0.152. The van der Waals surface area contributed by atoms with Gasteiger partial charge >= 0.3 is 11.9 Å². The molecule has 0 aliphatic rings. The van der Waals surface area contributed by atoms with Crippen LogP contribution in [0.4, 0.5) is 0 Å². The summed E-state index contributed by atoms with van der Waals surface area (Å²) in [4.78, 5) is 22.4. The second-order valence-electron chi connectivity index (χ2n) is 7.18. The van der Waals surface area contributed by atoms with Gasteiger partial charge in [-0.05, 0) is 67.5 Å². The van der Waals surface area contributed by atoms with E-state index in [9.17, 15) is 9.59 Å². The SMILES string of the molecule is C=C(C)C(=O)OCCCCCCOc1ccc(-c2ccc(/C=C/C(=O)OC)cc2)cc1. The van der Waals surface area contributed by atoms with E-state index in [2.05, 4.69) is 11.3 Å². The van der Waals surface area contributed by atoms with Gasteiger partial charge in [-0.3, -0.25) is 0 Å². The normalized spacial score (nSPS) is 10.6. The number of carbonyl (C=O) groups is 2. The van der Waals surface area contributed by atoms with E-state index in [0.717, 1.165) is 48.1 Å². The van der Waals surface area contributed by atoms with Crippen molar-refractivity contribution in [3.05, 3.63) is 72.3 Å². The molecule has 5 nitrogen and oxygen atoms in total. The van der Waals surface area contributed by atoms with Crippen molar-refractivity contribution >= 4 is 18.0 Å². The summed E-state index contributed by atoms with van der Waals surface area (Å²) >= 11 is 0. The highest BCUT2D eigenvalue weighted by atomic mass is 16.5. The molecule has 0 saturated heterocycles. The molecule has 2 rings (SSSR count). The van der Waals surface area contributed by atoms with Crippen LogP contribution in [0.1, 0.15) is 38.2 Å². The molecular formula is C26H30O5. The predicted octanol–water partition coefficient (Wildman–Crippen LogP) is 5.60. The molecular weight excluding hydrogens is 392 g/mol. The van der Waals surface area contributed by atoms with Gasteiger partial charge in [0.1, 0.15) is 5.75 Å². The third-order valence-corrected chi connectivity index (χ3v) is 4.60. The molecule has 31 heavy (non-hydrogen) atoms. The van der Waals surface area contributed by atoms with Crippen molar-refractivity contribution in [3.8, 4) is 16.9 Å². The minimum absolute atomic E-state index is 0.321. The number of carbonyl (C=O) groups excluding carboxylic acids is 2. The number of esters is 2. The molecule has 0 spiro atoms. The van der Waals surface area contributed by atoms with E-state index in [4.69, 9.17) is 9.47 Å². The molecule has 0 aliphatic heterocycles. The molecule has 0 aromatic heterocycles. The van der Waals surface area contributed by atoms with E-state index in [1.807, 2.05) is 48.5 Å². The molecule has 2 aromatic carbocycles. The van der Waals surface area contributed by atoms with Crippen molar-refractivity contribution in [1.82, 2.24) is 0 Å². The van der Waals surface area contributed by atoms with Crippen molar-refractivity contribution < 1.29 is 23.8 Å². The monoisotopic (exact) mass is 422 g/mol. The van der Waals surface area contributed by atoms with Crippen molar-refractivity contribution in [2.75, 3.05) is 20.3 Å². The minimum Gasteiger partial charge on any atom is -0.494 e. The highest BCUT2D eigenvalue weighted by Crippen LogP contribution is 2.23. The lowest BCUT2D eigenvalue weighted by atomic mass is 10.0. The van der Waals surface area contributed by atoms with Crippen molar-refractivity contribution in [1.29, 1.82) is 0 Å². The largest absolute Gasteiger partial charge is 0.494 e. The van der Waals surface area contributed by atoms with E-state index in [1.165, 1.54) is 13.2 Å². The van der Waals surface area contributed by atoms with Gasteiger partial charge in [0.05, 0.1) is 20.3 Å². The lowest BCUT2D eigenvalue weighted by Gasteiger charge is -2.08. The Bertz CT molecular complexity index is 879. The Labute approximate surface area is 184 Å². The standard InChI is InChI=1S/C26H30O5/c1-20(2)26(28)31-19-7-5-4-6-18-30-24-15-13-23(14-16-24)22-11-8-21(9-12-22)10-17-25(27)29-3/h8-17H,1,4-7,18-19H2,2-3H3/b17-10+. The number of methoxy groups -OCH3 is 1. The average molecular weight is 423 g/mol. The molecule has 0 heterocycles. The fourth-order valence-corrected chi connectivity index (χ4v) is 2.80. The van der Waals surface area contributed by atoms with E-state index >= 15 is 0 Å². The first-order chi connectivity index (χ1) is 15.0. The Kier molecular flexibility index (Phi) is 10.1. The molecule has 0 N–H and O–H groups in total. The maximum atomic E-state index is 11.3. The van der Waals surface area contributed by atoms with Gasteiger partial charge in [0, 0.05) is 11.6 Å². The molecule has 0 amide bonds. The molecule has 0 fully saturated rings. The van der Waals surface area contributed by atoms with E-state index < -0.39 is 0 Å². The lowest BCUT2D eigenvalue weighted by molar-refractivity contribution is -0.139. The van der Waals surface area contributed by atoms with Crippen LogP contribution in [0.3, 0.4) is 0 Å². The van der Waals surface area contributed by atoms with Crippen LogP contribution in [-0.2, 0) is 19.1 Å². The third kappa shape index (κ3) is 8.91. The summed E-state index contributed by atoms with van der Waals surface area (Å²) in [7, 11) is 1.36. The fourth-order valence-electron chi connectivity index (χ4n) is 2.80. The quantitative estimate of drug-likeness (QED) is 0.253. The van der Waals surface area contributed by atoms with Crippen molar-refractivity contribution in [2.24, 2.45) is 0 Å². The molecule has 0 unspecified atom stereocenters. The predicted molar refractivity (Wildman–Crippen MR) is 123 cm³/mol. The number of rotatable bonds is 12. The van der Waals surface area contributed by atoms with E-state index in [-0.39, 0.29) is 11.9 Å². The zero-order valence-corrected chi connectivity index (χ0v) is 18.3. The highest BCUT2D eigenvalue weighted by Gasteiger charge is 2.02. The van der Waals surface area contributed by atoms with Gasteiger partial charge in [0.15, 0.2) is 0 Å². The summed E-state index contributed by atoms with van der Waals surface area (Å²) in [6.45, 7) is 6.30. The van der Waals surface area contributed by atoms with Crippen LogP contribution in [-0.4, -0.2) is 32.3 Å². The zero-order chi connectivity index (χ0) is 22.5. The first kappa shape index (κ1) is 23.9. The van der Waals surface area contributed by atoms with Crippen LogP contribution in [0.15, 0.2) is 66.8 Å². The van der Waals surface area contributed by atoms with Crippen LogP contribution < -0.4 is 4.74 Å². The number of hydrogen-bond donors (Lipinski definition) is 0.